The Hall–Kier alpha value is -3.19. The molecule has 156 valence electrons. The number of esters is 1. The van der Waals surface area contributed by atoms with Gasteiger partial charge in [0.15, 0.2) is 6.61 Å². The first kappa shape index (κ1) is 21.5. The van der Waals surface area contributed by atoms with Crippen molar-refractivity contribution >= 4 is 28.2 Å². The van der Waals surface area contributed by atoms with E-state index in [0.29, 0.717) is 21.9 Å². The van der Waals surface area contributed by atoms with Crippen LogP contribution in [0.25, 0.3) is 11.1 Å². The number of thiophene rings is 1. The average molecular weight is 427 g/mol. The van der Waals surface area contributed by atoms with Crippen molar-refractivity contribution in [3.05, 3.63) is 70.9 Å². The third kappa shape index (κ3) is 5.24. The number of ether oxygens (including phenoxy) is 2. The molecule has 1 amide bonds. The van der Waals surface area contributed by atoms with E-state index in [1.165, 1.54) is 29.0 Å². The summed E-state index contributed by atoms with van der Waals surface area (Å²) in [5, 5.41) is 4.82. The number of hydrogen-bond donors (Lipinski definition) is 1. The van der Waals surface area contributed by atoms with Crippen LogP contribution in [0.3, 0.4) is 0 Å². The monoisotopic (exact) mass is 427 g/mol. The first-order valence-corrected chi connectivity index (χ1v) is 10.5. The van der Waals surface area contributed by atoms with E-state index >= 15 is 0 Å². The first-order chi connectivity index (χ1) is 14.5. The van der Waals surface area contributed by atoms with E-state index in [9.17, 15) is 14.0 Å². The van der Waals surface area contributed by atoms with Crippen LogP contribution in [0.5, 0.6) is 5.75 Å². The second kappa shape index (κ2) is 10.0. The molecule has 0 aliphatic carbocycles. The number of aryl methyl sites for hydroxylation is 1. The van der Waals surface area contributed by atoms with Gasteiger partial charge in [-0.25, -0.2) is 9.18 Å². The van der Waals surface area contributed by atoms with Crippen molar-refractivity contribution in [1.82, 2.24) is 0 Å². The predicted octanol–water partition coefficient (Wildman–Crippen LogP) is 5.31. The Kier molecular flexibility index (Phi) is 7.19. The highest BCUT2D eigenvalue weighted by Gasteiger charge is 2.23. The van der Waals surface area contributed by atoms with Crippen LogP contribution in [0.1, 0.15) is 29.8 Å². The van der Waals surface area contributed by atoms with Crippen molar-refractivity contribution in [2.75, 3.05) is 18.5 Å². The number of amides is 1. The van der Waals surface area contributed by atoms with Crippen molar-refractivity contribution < 1.29 is 23.5 Å². The van der Waals surface area contributed by atoms with Crippen molar-refractivity contribution in [3.8, 4) is 16.9 Å². The zero-order valence-electron chi connectivity index (χ0n) is 16.7. The van der Waals surface area contributed by atoms with Crippen LogP contribution < -0.4 is 10.1 Å². The molecule has 3 rings (SSSR count). The van der Waals surface area contributed by atoms with Gasteiger partial charge in [-0.05, 0) is 48.7 Å². The van der Waals surface area contributed by atoms with Gasteiger partial charge < -0.3 is 14.8 Å². The number of rotatable bonds is 8. The molecule has 1 heterocycles. The molecular formula is C23H22FNO4S. The van der Waals surface area contributed by atoms with Gasteiger partial charge in [0.2, 0.25) is 0 Å². The molecule has 0 saturated carbocycles. The van der Waals surface area contributed by atoms with Crippen LogP contribution in [0.2, 0.25) is 0 Å². The minimum Gasteiger partial charge on any atom is -0.484 e. The smallest absolute Gasteiger partial charge is 0.341 e. The Labute approximate surface area is 178 Å². The minimum absolute atomic E-state index is 0.196. The van der Waals surface area contributed by atoms with Crippen molar-refractivity contribution in [2.24, 2.45) is 0 Å². The van der Waals surface area contributed by atoms with Crippen molar-refractivity contribution in [3.63, 3.8) is 0 Å². The number of hydrogen-bond acceptors (Lipinski definition) is 5. The molecule has 0 atom stereocenters. The summed E-state index contributed by atoms with van der Waals surface area (Å²) < 4.78 is 23.9. The summed E-state index contributed by atoms with van der Waals surface area (Å²) >= 11 is 1.20. The fraction of sp³-hybridized carbons (Fsp3) is 0.217. The van der Waals surface area contributed by atoms with Crippen LogP contribution in [0, 0.1) is 5.82 Å². The number of anilines is 1. The zero-order chi connectivity index (χ0) is 21.5. The summed E-state index contributed by atoms with van der Waals surface area (Å²) in [5.41, 5.74) is 2.65. The van der Waals surface area contributed by atoms with Crippen LogP contribution in [-0.4, -0.2) is 25.1 Å². The van der Waals surface area contributed by atoms with E-state index in [4.69, 9.17) is 9.47 Å². The normalized spacial score (nSPS) is 10.5. The van der Waals surface area contributed by atoms with Gasteiger partial charge in [-0.2, -0.15) is 0 Å². The number of halogens is 1. The third-order valence-electron chi connectivity index (χ3n) is 4.38. The molecule has 7 heteroatoms. The molecule has 0 bridgehead atoms. The average Bonchev–Trinajstić information content (AvgIpc) is 3.17. The summed E-state index contributed by atoms with van der Waals surface area (Å²) in [5.74, 6) is -0.729. The lowest BCUT2D eigenvalue weighted by Crippen LogP contribution is -2.21. The molecular weight excluding hydrogens is 405 g/mol. The Morgan fingerprint density at radius 3 is 2.37 bits per heavy atom. The lowest BCUT2D eigenvalue weighted by Gasteiger charge is -2.10. The second-order valence-electron chi connectivity index (χ2n) is 6.42. The van der Waals surface area contributed by atoms with E-state index in [1.807, 2.05) is 24.3 Å². The minimum atomic E-state index is -0.551. The van der Waals surface area contributed by atoms with Crippen LogP contribution in [0.4, 0.5) is 9.39 Å². The largest absolute Gasteiger partial charge is 0.484 e. The van der Waals surface area contributed by atoms with E-state index in [0.717, 1.165) is 6.42 Å². The van der Waals surface area contributed by atoms with Crippen LogP contribution in [0.15, 0.2) is 53.9 Å². The fourth-order valence-corrected chi connectivity index (χ4v) is 3.80. The molecule has 30 heavy (non-hydrogen) atoms. The summed E-state index contributed by atoms with van der Waals surface area (Å²) in [4.78, 5) is 24.9. The summed E-state index contributed by atoms with van der Waals surface area (Å²) in [6.07, 6.45) is 0.923. The van der Waals surface area contributed by atoms with Gasteiger partial charge in [-0.3, -0.25) is 4.79 Å². The highest BCUT2D eigenvalue weighted by atomic mass is 32.1. The number of carbonyl (C=O) groups is 2. The maximum atomic E-state index is 13.3. The molecule has 1 N–H and O–H groups in total. The Morgan fingerprint density at radius 1 is 1.03 bits per heavy atom. The highest BCUT2D eigenvalue weighted by Crippen LogP contribution is 2.36. The van der Waals surface area contributed by atoms with Gasteiger partial charge in [0, 0.05) is 10.9 Å². The van der Waals surface area contributed by atoms with E-state index < -0.39 is 11.9 Å². The summed E-state index contributed by atoms with van der Waals surface area (Å²) in [6.45, 7) is 3.77. The molecule has 3 aromatic rings. The zero-order valence-corrected chi connectivity index (χ0v) is 17.6. The lowest BCUT2D eigenvalue weighted by atomic mass is 10.0. The molecule has 0 unspecified atom stereocenters. The Bertz CT molecular complexity index is 1010. The molecule has 0 spiro atoms. The SMILES string of the molecule is CCOC(=O)c1c(-c2ccc(F)cc2)csc1NC(=O)COc1ccc(CC)cc1. The number of carbonyl (C=O) groups excluding carboxylic acids is 2. The topological polar surface area (TPSA) is 64.6 Å². The van der Waals surface area contributed by atoms with Gasteiger partial charge in [-0.1, -0.05) is 31.2 Å². The summed E-state index contributed by atoms with van der Waals surface area (Å²) in [6, 6.07) is 13.3. The van der Waals surface area contributed by atoms with Gasteiger partial charge in [0.05, 0.1) is 6.61 Å². The van der Waals surface area contributed by atoms with E-state index in [-0.39, 0.29) is 24.6 Å². The van der Waals surface area contributed by atoms with E-state index in [2.05, 4.69) is 12.2 Å². The van der Waals surface area contributed by atoms with Gasteiger partial charge in [-0.15, -0.1) is 11.3 Å². The first-order valence-electron chi connectivity index (χ1n) is 9.58. The Morgan fingerprint density at radius 2 is 1.73 bits per heavy atom. The fourth-order valence-electron chi connectivity index (χ4n) is 2.83. The maximum absolute atomic E-state index is 13.3. The molecule has 0 aliphatic heterocycles. The van der Waals surface area contributed by atoms with Crippen molar-refractivity contribution in [2.45, 2.75) is 20.3 Å². The van der Waals surface area contributed by atoms with Gasteiger partial charge in [0.25, 0.3) is 5.91 Å². The lowest BCUT2D eigenvalue weighted by molar-refractivity contribution is -0.118. The molecule has 0 aliphatic rings. The molecule has 1 aromatic heterocycles. The summed E-state index contributed by atoms with van der Waals surface area (Å²) in [7, 11) is 0. The van der Waals surface area contributed by atoms with Gasteiger partial charge in [0.1, 0.15) is 22.1 Å². The maximum Gasteiger partial charge on any atom is 0.341 e. The molecule has 5 nitrogen and oxygen atoms in total. The molecule has 0 saturated heterocycles. The molecule has 2 aromatic carbocycles. The van der Waals surface area contributed by atoms with Crippen LogP contribution in [-0.2, 0) is 16.0 Å². The van der Waals surface area contributed by atoms with Crippen LogP contribution >= 0.6 is 11.3 Å². The van der Waals surface area contributed by atoms with Crippen molar-refractivity contribution in [1.29, 1.82) is 0 Å². The quantitative estimate of drug-likeness (QED) is 0.495. The number of benzene rings is 2. The highest BCUT2D eigenvalue weighted by molar-refractivity contribution is 7.15. The third-order valence-corrected chi connectivity index (χ3v) is 5.28. The number of nitrogens with one attached hydrogen (secondary N) is 1. The molecule has 0 radical (unpaired) electrons. The standard InChI is InChI=1S/C23H22FNO4S/c1-3-15-5-11-18(12-6-15)29-13-20(26)25-22-21(23(27)28-4-2)19(14-30-22)16-7-9-17(24)10-8-16/h5-12,14H,3-4,13H2,1-2H3,(H,25,26). The van der Waals surface area contributed by atoms with E-state index in [1.54, 1.807) is 24.4 Å². The van der Waals surface area contributed by atoms with Gasteiger partial charge >= 0.3 is 5.97 Å². The predicted molar refractivity (Wildman–Crippen MR) is 116 cm³/mol. The Balaban J connectivity index is 1.76. The second-order valence-corrected chi connectivity index (χ2v) is 7.29. The molecule has 0 fully saturated rings.